The van der Waals surface area contributed by atoms with Crippen molar-refractivity contribution in [1.82, 2.24) is 15.1 Å². The molecular weight excluding hydrogens is 477 g/mol. The third kappa shape index (κ3) is 5.18. The summed E-state index contributed by atoms with van der Waals surface area (Å²) in [6.07, 6.45) is -4.37. The Kier molecular flexibility index (Phi) is 6.49. The standard InChI is InChI=1S/C26H22ClF3N4O/c27-21-11-9-19(10-12-21)24-31-32-25(35-24)23(18-5-2-1-3-6-18)34-15-13-33(14-16-34)22-8-4-7-20(17-22)26(28,29)30/h1-12,17,23H,13-16H2/t23-/m0/s1. The first-order valence-electron chi connectivity index (χ1n) is 11.2. The number of hydrogen-bond donors (Lipinski definition) is 0. The highest BCUT2D eigenvalue weighted by Crippen LogP contribution is 2.34. The highest BCUT2D eigenvalue weighted by molar-refractivity contribution is 6.30. The lowest BCUT2D eigenvalue weighted by Gasteiger charge is -2.39. The Labute approximate surface area is 205 Å². The lowest BCUT2D eigenvalue weighted by atomic mass is 10.0. The Balaban J connectivity index is 1.38. The number of hydrogen-bond acceptors (Lipinski definition) is 5. The maximum Gasteiger partial charge on any atom is 0.416 e. The van der Waals surface area contributed by atoms with E-state index in [0.29, 0.717) is 48.7 Å². The van der Waals surface area contributed by atoms with E-state index in [1.54, 1.807) is 18.2 Å². The van der Waals surface area contributed by atoms with Gasteiger partial charge in [-0.15, -0.1) is 10.2 Å². The zero-order valence-electron chi connectivity index (χ0n) is 18.6. The van der Waals surface area contributed by atoms with Crippen LogP contribution in [0.15, 0.2) is 83.3 Å². The summed E-state index contributed by atoms with van der Waals surface area (Å²) in [5.41, 5.74) is 1.71. The summed E-state index contributed by atoms with van der Waals surface area (Å²) >= 11 is 5.99. The van der Waals surface area contributed by atoms with Crippen LogP contribution in [0.4, 0.5) is 18.9 Å². The van der Waals surface area contributed by atoms with Crippen LogP contribution in [0.1, 0.15) is 23.1 Å². The predicted molar refractivity (Wildman–Crippen MR) is 128 cm³/mol. The Morgan fingerprint density at radius 3 is 2.23 bits per heavy atom. The molecule has 180 valence electrons. The molecule has 1 aliphatic rings. The van der Waals surface area contributed by atoms with E-state index >= 15 is 0 Å². The van der Waals surface area contributed by atoms with Gasteiger partial charge in [0.05, 0.1) is 5.56 Å². The minimum atomic E-state index is -4.37. The summed E-state index contributed by atoms with van der Waals surface area (Å²) in [6.45, 7) is 2.38. The number of aromatic nitrogens is 2. The second-order valence-electron chi connectivity index (χ2n) is 8.34. The van der Waals surface area contributed by atoms with Gasteiger partial charge in [-0.2, -0.15) is 13.2 Å². The van der Waals surface area contributed by atoms with E-state index in [0.717, 1.165) is 17.2 Å². The summed E-state index contributed by atoms with van der Waals surface area (Å²) < 4.78 is 45.6. The first-order chi connectivity index (χ1) is 16.9. The van der Waals surface area contributed by atoms with E-state index in [9.17, 15) is 13.2 Å². The molecule has 5 rings (SSSR count). The fourth-order valence-electron chi connectivity index (χ4n) is 4.32. The SMILES string of the molecule is FC(F)(F)c1cccc(N2CCN([C@@H](c3ccccc3)c3nnc(-c4ccc(Cl)cc4)o3)CC2)c1. The summed E-state index contributed by atoms with van der Waals surface area (Å²) in [5.74, 6) is 0.869. The van der Waals surface area contributed by atoms with E-state index in [1.807, 2.05) is 47.4 Å². The second-order valence-corrected chi connectivity index (χ2v) is 8.77. The van der Waals surface area contributed by atoms with Gasteiger partial charge in [0.15, 0.2) is 0 Å². The van der Waals surface area contributed by atoms with Crippen LogP contribution in [-0.2, 0) is 6.18 Å². The number of nitrogens with zero attached hydrogens (tertiary/aromatic N) is 4. The molecule has 0 radical (unpaired) electrons. The minimum absolute atomic E-state index is 0.270. The lowest BCUT2D eigenvalue weighted by Crippen LogP contribution is -2.48. The molecule has 4 aromatic rings. The third-order valence-electron chi connectivity index (χ3n) is 6.10. The number of halogens is 4. The molecule has 35 heavy (non-hydrogen) atoms. The third-order valence-corrected chi connectivity index (χ3v) is 6.35. The van der Waals surface area contributed by atoms with E-state index in [-0.39, 0.29) is 6.04 Å². The lowest BCUT2D eigenvalue weighted by molar-refractivity contribution is -0.137. The van der Waals surface area contributed by atoms with E-state index in [2.05, 4.69) is 15.1 Å². The van der Waals surface area contributed by atoms with Crippen molar-refractivity contribution in [3.8, 4) is 11.5 Å². The Morgan fingerprint density at radius 2 is 1.54 bits per heavy atom. The average molecular weight is 499 g/mol. The Hall–Kier alpha value is -3.36. The van der Waals surface area contributed by atoms with Gasteiger partial charge in [-0.1, -0.05) is 48.0 Å². The molecule has 1 fully saturated rings. The molecule has 9 heteroatoms. The van der Waals surface area contributed by atoms with Crippen LogP contribution in [0.5, 0.6) is 0 Å². The topological polar surface area (TPSA) is 45.4 Å². The van der Waals surface area contributed by atoms with Crippen LogP contribution in [0.3, 0.4) is 0 Å². The minimum Gasteiger partial charge on any atom is -0.419 e. The fourth-order valence-corrected chi connectivity index (χ4v) is 4.44. The molecule has 1 atom stereocenters. The van der Waals surface area contributed by atoms with Gasteiger partial charge < -0.3 is 9.32 Å². The molecule has 5 nitrogen and oxygen atoms in total. The van der Waals surface area contributed by atoms with Gasteiger partial charge in [0.1, 0.15) is 6.04 Å². The van der Waals surface area contributed by atoms with Crippen LogP contribution in [0, 0.1) is 0 Å². The number of rotatable bonds is 5. The van der Waals surface area contributed by atoms with Crippen LogP contribution in [0.25, 0.3) is 11.5 Å². The first-order valence-corrected chi connectivity index (χ1v) is 11.6. The van der Waals surface area contributed by atoms with E-state index in [4.69, 9.17) is 16.0 Å². The summed E-state index contributed by atoms with van der Waals surface area (Å²) in [5, 5.41) is 9.22. The molecule has 0 saturated carbocycles. The second kappa shape index (κ2) is 9.71. The van der Waals surface area contributed by atoms with Crippen molar-refractivity contribution in [2.24, 2.45) is 0 Å². The van der Waals surface area contributed by atoms with Crippen molar-refractivity contribution in [3.63, 3.8) is 0 Å². The van der Waals surface area contributed by atoms with E-state index in [1.165, 1.54) is 12.1 Å². The zero-order chi connectivity index (χ0) is 24.4. The number of piperazine rings is 1. The van der Waals surface area contributed by atoms with Crippen LogP contribution in [-0.4, -0.2) is 41.3 Å². The van der Waals surface area contributed by atoms with Gasteiger partial charge in [0.25, 0.3) is 0 Å². The monoisotopic (exact) mass is 498 g/mol. The number of alkyl halides is 3. The van der Waals surface area contributed by atoms with Crippen molar-refractivity contribution in [2.45, 2.75) is 12.2 Å². The zero-order valence-corrected chi connectivity index (χ0v) is 19.4. The molecule has 0 N–H and O–H groups in total. The van der Waals surface area contributed by atoms with Gasteiger partial charge in [-0.3, -0.25) is 4.90 Å². The van der Waals surface area contributed by atoms with Crippen LogP contribution >= 0.6 is 11.6 Å². The molecular formula is C26H22ClF3N4O. The largest absolute Gasteiger partial charge is 0.419 e. The summed E-state index contributed by atoms with van der Waals surface area (Å²) in [6, 6.07) is 22.3. The number of benzene rings is 3. The van der Waals surface area contributed by atoms with Gasteiger partial charge >= 0.3 is 6.18 Å². The molecule has 0 amide bonds. The maximum absolute atomic E-state index is 13.2. The quantitative estimate of drug-likeness (QED) is 0.322. The van der Waals surface area contributed by atoms with Crippen LogP contribution in [0.2, 0.25) is 5.02 Å². The van der Waals surface area contributed by atoms with Crippen LogP contribution < -0.4 is 4.90 Å². The fraction of sp³-hybridized carbons (Fsp3) is 0.231. The highest BCUT2D eigenvalue weighted by Gasteiger charge is 2.33. The molecule has 1 aromatic heterocycles. The average Bonchev–Trinajstić information content (AvgIpc) is 3.35. The van der Waals surface area contributed by atoms with Gasteiger partial charge in [0.2, 0.25) is 11.8 Å². The van der Waals surface area contributed by atoms with E-state index < -0.39 is 11.7 Å². The molecule has 0 aliphatic carbocycles. The Bertz CT molecular complexity index is 1270. The van der Waals surface area contributed by atoms with Crippen molar-refractivity contribution < 1.29 is 17.6 Å². The number of anilines is 1. The van der Waals surface area contributed by atoms with Crippen molar-refractivity contribution >= 4 is 17.3 Å². The molecule has 0 bridgehead atoms. The van der Waals surface area contributed by atoms with Crippen molar-refractivity contribution in [1.29, 1.82) is 0 Å². The summed E-state index contributed by atoms with van der Waals surface area (Å²) in [7, 11) is 0. The maximum atomic E-state index is 13.2. The smallest absolute Gasteiger partial charge is 0.416 e. The normalized spacial score (nSPS) is 15.8. The molecule has 2 heterocycles. The Morgan fingerprint density at radius 1 is 0.829 bits per heavy atom. The van der Waals surface area contributed by atoms with Crippen molar-refractivity contribution in [2.75, 3.05) is 31.1 Å². The summed E-state index contributed by atoms with van der Waals surface area (Å²) in [4.78, 5) is 4.19. The molecule has 0 spiro atoms. The first kappa shape index (κ1) is 23.4. The molecule has 1 aliphatic heterocycles. The van der Waals surface area contributed by atoms with Gasteiger partial charge in [-0.25, -0.2) is 0 Å². The molecule has 1 saturated heterocycles. The van der Waals surface area contributed by atoms with Gasteiger partial charge in [-0.05, 0) is 48.0 Å². The predicted octanol–water partition coefficient (Wildman–Crippen LogP) is 6.32. The highest BCUT2D eigenvalue weighted by atomic mass is 35.5. The van der Waals surface area contributed by atoms with Crippen molar-refractivity contribution in [3.05, 3.63) is 101 Å². The molecule has 0 unspecified atom stereocenters. The van der Waals surface area contributed by atoms with Gasteiger partial charge in [0, 0.05) is 42.5 Å². The molecule has 3 aromatic carbocycles.